The minimum atomic E-state index is -3.79. The van der Waals surface area contributed by atoms with Gasteiger partial charge >= 0.3 is 0 Å². The molecule has 0 aliphatic carbocycles. The summed E-state index contributed by atoms with van der Waals surface area (Å²) < 4.78 is 55.0. The lowest BCUT2D eigenvalue weighted by Gasteiger charge is -2.19. The van der Waals surface area contributed by atoms with Gasteiger partial charge in [-0.3, -0.25) is 10.0 Å². The molecule has 4 N–H and O–H groups in total. The predicted octanol–water partition coefficient (Wildman–Crippen LogP) is 3.63. The predicted molar refractivity (Wildman–Crippen MR) is 118 cm³/mol. The van der Waals surface area contributed by atoms with Crippen LogP contribution in [0.15, 0.2) is 29.2 Å². The third-order valence-corrected chi connectivity index (χ3v) is 6.58. The quantitative estimate of drug-likeness (QED) is 0.241. The fourth-order valence-corrected chi connectivity index (χ4v) is 4.65. The molecule has 0 aromatic heterocycles. The molecular weight excluding hydrogens is 440 g/mol. The van der Waals surface area contributed by atoms with E-state index in [4.69, 9.17) is 5.21 Å². The van der Waals surface area contributed by atoms with Crippen LogP contribution < -0.4 is 15.5 Å². The number of halogens is 2. The molecule has 1 amide bonds. The van der Waals surface area contributed by atoms with Gasteiger partial charge in [0.25, 0.3) is 5.91 Å². The van der Waals surface area contributed by atoms with Crippen molar-refractivity contribution in [2.24, 2.45) is 0 Å². The zero-order valence-electron chi connectivity index (χ0n) is 18.6. The standard InChI is InChI=1S/C22H29F2N3O4S/c1-13-9-17(10-14(2)20(13)23)26-19(22(28)27-29)7-5-6-8-25-32(30,31)18-11-15(3)21(24)16(4)12-18/h9-12,19,25-26,29H,5-8H2,1-4H3,(H,27,28). The SMILES string of the molecule is Cc1cc(NC(CCCCNS(=O)(=O)c2cc(C)c(F)c(C)c2)C(=O)NO)cc(C)c1F. The first-order chi connectivity index (χ1) is 15.0. The number of aryl methyl sites for hydroxylation is 4. The van der Waals surface area contributed by atoms with Gasteiger partial charge in [0.15, 0.2) is 0 Å². The molecule has 1 atom stereocenters. The second-order valence-corrected chi connectivity index (χ2v) is 9.63. The van der Waals surface area contributed by atoms with Gasteiger partial charge in [-0.25, -0.2) is 27.4 Å². The van der Waals surface area contributed by atoms with Gasteiger partial charge in [0.05, 0.1) is 4.90 Å². The Morgan fingerprint density at radius 3 is 1.94 bits per heavy atom. The molecule has 0 spiro atoms. The zero-order valence-corrected chi connectivity index (χ0v) is 19.4. The van der Waals surface area contributed by atoms with Crippen LogP contribution in [0.1, 0.15) is 41.5 Å². The number of hydrogen-bond acceptors (Lipinski definition) is 5. The van der Waals surface area contributed by atoms with Gasteiger partial charge in [-0.15, -0.1) is 0 Å². The van der Waals surface area contributed by atoms with Crippen LogP contribution >= 0.6 is 0 Å². The molecule has 0 aliphatic rings. The van der Waals surface area contributed by atoms with Gasteiger partial charge < -0.3 is 5.32 Å². The topological polar surface area (TPSA) is 108 Å². The van der Waals surface area contributed by atoms with Crippen molar-refractivity contribution in [2.75, 3.05) is 11.9 Å². The van der Waals surface area contributed by atoms with Crippen LogP contribution in [0.3, 0.4) is 0 Å². The summed E-state index contributed by atoms with van der Waals surface area (Å²) in [4.78, 5) is 12.0. The summed E-state index contributed by atoms with van der Waals surface area (Å²) in [7, 11) is -3.79. The van der Waals surface area contributed by atoms with E-state index >= 15 is 0 Å². The van der Waals surface area contributed by atoms with Crippen molar-refractivity contribution >= 4 is 21.6 Å². The van der Waals surface area contributed by atoms with Gasteiger partial charge in [0.2, 0.25) is 10.0 Å². The van der Waals surface area contributed by atoms with Crippen molar-refractivity contribution in [1.82, 2.24) is 10.2 Å². The summed E-state index contributed by atoms with van der Waals surface area (Å²) >= 11 is 0. The van der Waals surface area contributed by atoms with E-state index in [-0.39, 0.29) is 28.4 Å². The normalized spacial score (nSPS) is 12.5. The Morgan fingerprint density at radius 2 is 1.44 bits per heavy atom. The highest BCUT2D eigenvalue weighted by Crippen LogP contribution is 2.21. The van der Waals surface area contributed by atoms with Gasteiger partial charge in [0.1, 0.15) is 17.7 Å². The third kappa shape index (κ3) is 6.47. The summed E-state index contributed by atoms with van der Waals surface area (Å²) in [6.07, 6.45) is 1.20. The number of benzene rings is 2. The Balaban J connectivity index is 1.94. The van der Waals surface area contributed by atoms with Crippen molar-refractivity contribution in [3.63, 3.8) is 0 Å². The molecule has 2 aromatic carbocycles. The maximum Gasteiger partial charge on any atom is 0.265 e. The highest BCUT2D eigenvalue weighted by atomic mass is 32.2. The minimum Gasteiger partial charge on any atom is -0.374 e. The van der Waals surface area contributed by atoms with E-state index in [1.165, 1.54) is 26.0 Å². The molecule has 32 heavy (non-hydrogen) atoms. The smallest absolute Gasteiger partial charge is 0.265 e. The number of carbonyl (C=O) groups is 1. The highest BCUT2D eigenvalue weighted by molar-refractivity contribution is 7.89. The number of nitrogens with one attached hydrogen (secondary N) is 3. The van der Waals surface area contributed by atoms with E-state index in [2.05, 4.69) is 10.0 Å². The first kappa shape index (κ1) is 25.7. The summed E-state index contributed by atoms with van der Waals surface area (Å²) in [5.74, 6) is -1.41. The Hall–Kier alpha value is -2.56. The molecule has 0 bridgehead atoms. The average molecular weight is 470 g/mol. The number of carbonyl (C=O) groups excluding carboxylic acids is 1. The number of amides is 1. The van der Waals surface area contributed by atoms with Crippen LogP contribution in [0, 0.1) is 39.3 Å². The minimum absolute atomic E-state index is 0.00449. The number of sulfonamides is 1. The van der Waals surface area contributed by atoms with E-state index in [1.54, 1.807) is 31.5 Å². The summed E-state index contributed by atoms with van der Waals surface area (Å²) in [6.45, 7) is 6.37. The van der Waals surface area contributed by atoms with Crippen LogP contribution in [0.25, 0.3) is 0 Å². The van der Waals surface area contributed by atoms with Crippen molar-refractivity contribution in [1.29, 1.82) is 0 Å². The first-order valence-corrected chi connectivity index (χ1v) is 11.7. The van der Waals surface area contributed by atoms with E-state index in [0.29, 0.717) is 36.1 Å². The second-order valence-electron chi connectivity index (χ2n) is 7.86. The van der Waals surface area contributed by atoms with Gasteiger partial charge in [-0.05, 0) is 93.5 Å². The highest BCUT2D eigenvalue weighted by Gasteiger charge is 2.19. The average Bonchev–Trinajstić information content (AvgIpc) is 2.73. The van der Waals surface area contributed by atoms with Crippen LogP contribution in [-0.2, 0) is 14.8 Å². The molecule has 0 saturated heterocycles. The molecule has 7 nitrogen and oxygen atoms in total. The molecule has 2 rings (SSSR count). The maximum absolute atomic E-state index is 13.8. The zero-order chi connectivity index (χ0) is 24.1. The summed E-state index contributed by atoms with van der Waals surface area (Å²) in [5.41, 5.74) is 3.50. The Bertz CT molecular complexity index is 1040. The largest absolute Gasteiger partial charge is 0.374 e. The van der Waals surface area contributed by atoms with Gasteiger partial charge in [-0.1, -0.05) is 0 Å². The van der Waals surface area contributed by atoms with Crippen LogP contribution in [0.5, 0.6) is 0 Å². The van der Waals surface area contributed by atoms with E-state index in [0.717, 1.165) is 0 Å². The molecule has 0 aliphatic heterocycles. The number of anilines is 1. The van der Waals surface area contributed by atoms with Crippen molar-refractivity contribution in [2.45, 2.75) is 57.9 Å². The molecule has 0 radical (unpaired) electrons. The Kier molecular flexibility index (Phi) is 8.71. The first-order valence-electron chi connectivity index (χ1n) is 10.2. The molecule has 0 heterocycles. The molecule has 176 valence electrons. The number of hydrogen-bond donors (Lipinski definition) is 4. The van der Waals surface area contributed by atoms with E-state index in [1.807, 2.05) is 0 Å². The second kappa shape index (κ2) is 10.8. The molecule has 2 aromatic rings. The Labute approximate surface area is 187 Å². The summed E-state index contributed by atoms with van der Waals surface area (Å²) in [5, 5.41) is 12.0. The number of hydroxylamine groups is 1. The lowest BCUT2D eigenvalue weighted by Crippen LogP contribution is -2.38. The fraction of sp³-hybridized carbons (Fsp3) is 0.409. The van der Waals surface area contributed by atoms with Crippen LogP contribution in [-0.4, -0.2) is 32.1 Å². The van der Waals surface area contributed by atoms with Crippen LogP contribution in [0.2, 0.25) is 0 Å². The molecule has 0 saturated carbocycles. The third-order valence-electron chi connectivity index (χ3n) is 5.14. The lowest BCUT2D eigenvalue weighted by atomic mass is 10.1. The van der Waals surface area contributed by atoms with Gasteiger partial charge in [-0.2, -0.15) is 0 Å². The molecular formula is C22H29F2N3O4S. The maximum atomic E-state index is 13.8. The van der Waals surface area contributed by atoms with Gasteiger partial charge in [0, 0.05) is 12.2 Å². The molecule has 1 unspecified atom stereocenters. The summed E-state index contributed by atoms with van der Waals surface area (Å²) in [6, 6.07) is 4.91. The van der Waals surface area contributed by atoms with Crippen molar-refractivity contribution in [3.8, 4) is 0 Å². The van der Waals surface area contributed by atoms with Crippen molar-refractivity contribution in [3.05, 3.63) is 58.2 Å². The monoisotopic (exact) mass is 469 g/mol. The fourth-order valence-electron chi connectivity index (χ4n) is 3.40. The Morgan fingerprint density at radius 1 is 0.938 bits per heavy atom. The number of rotatable bonds is 10. The van der Waals surface area contributed by atoms with E-state index < -0.39 is 27.8 Å². The lowest BCUT2D eigenvalue weighted by molar-refractivity contribution is -0.130. The number of unbranched alkanes of at least 4 members (excludes halogenated alkanes) is 1. The van der Waals surface area contributed by atoms with Crippen molar-refractivity contribution < 1.29 is 27.2 Å². The van der Waals surface area contributed by atoms with E-state index in [9.17, 15) is 22.0 Å². The molecule has 0 fully saturated rings. The van der Waals surface area contributed by atoms with Crippen LogP contribution in [0.4, 0.5) is 14.5 Å². The molecule has 10 heteroatoms.